The van der Waals surface area contributed by atoms with Crippen LogP contribution in [0, 0.1) is 0 Å². The molecule has 0 bridgehead atoms. The van der Waals surface area contributed by atoms with E-state index in [1.807, 2.05) is 0 Å². The Labute approximate surface area is 39.9 Å². The van der Waals surface area contributed by atoms with Gasteiger partial charge in [0.05, 0.1) is 11.9 Å². The minimum Gasteiger partial charge on any atom is -0.876 e. The molecule has 1 rings (SSSR count). The maximum Gasteiger partial charge on any atom is 0.0925 e. The molecule has 36 valence electrons. The lowest BCUT2D eigenvalue weighted by molar-refractivity contribution is -0.275. The number of hydrogen-bond donors (Lipinski definition) is 0. The van der Waals surface area contributed by atoms with E-state index in [-0.39, 0.29) is 5.70 Å². The van der Waals surface area contributed by atoms with E-state index >= 15 is 0 Å². The Morgan fingerprint density at radius 3 is 2.86 bits per heavy atom. The lowest BCUT2D eigenvalue weighted by atomic mass is 10.6. The molecule has 0 N–H and O–H groups in total. The van der Waals surface area contributed by atoms with E-state index in [0.29, 0.717) is 6.26 Å². The van der Waals surface area contributed by atoms with Gasteiger partial charge in [-0.15, -0.1) is 16.5 Å². The van der Waals surface area contributed by atoms with Crippen molar-refractivity contribution in [3.05, 3.63) is 12.0 Å². The van der Waals surface area contributed by atoms with Crippen molar-refractivity contribution in [2.45, 2.75) is 0 Å². The quantitative estimate of drug-likeness (QED) is 0.380. The summed E-state index contributed by atoms with van der Waals surface area (Å²) < 4.78 is 0. The predicted molar refractivity (Wildman–Crippen MR) is 21.4 cm³/mol. The first-order valence-corrected chi connectivity index (χ1v) is 1.69. The fourth-order valence-electron chi connectivity index (χ4n) is 0.242. The molecule has 0 fully saturated rings. The van der Waals surface area contributed by atoms with Crippen LogP contribution in [-0.2, 0) is 0 Å². The molecule has 0 aromatic carbocycles. The molecule has 7 heavy (non-hydrogen) atoms. The number of allylic oxidation sites excluding steroid dienone is 1. The summed E-state index contributed by atoms with van der Waals surface area (Å²) in [6, 6.07) is 0. The van der Waals surface area contributed by atoms with E-state index in [1.165, 1.54) is 6.21 Å². The summed E-state index contributed by atoms with van der Waals surface area (Å²) in [5.41, 5.74) is 0.278. The Balaban J connectivity index is 2.79. The van der Waals surface area contributed by atoms with E-state index in [2.05, 4.69) is 15.4 Å². The molecule has 0 aromatic heterocycles. The zero-order valence-electron chi connectivity index (χ0n) is 3.40. The second kappa shape index (κ2) is 1.51. The number of nitrogens with zero attached hydrogens (tertiary/aromatic N) is 3. The first-order chi connectivity index (χ1) is 3.43. The van der Waals surface area contributed by atoms with Crippen molar-refractivity contribution in [3.63, 3.8) is 0 Å². The third-order valence-corrected chi connectivity index (χ3v) is 0.523. The Morgan fingerprint density at radius 2 is 2.57 bits per heavy atom. The molecule has 1 heterocycles. The largest absolute Gasteiger partial charge is 0.876 e. The van der Waals surface area contributed by atoms with Gasteiger partial charge in [-0.25, -0.2) is 0 Å². The highest BCUT2D eigenvalue weighted by atomic mass is 16.2. The van der Waals surface area contributed by atoms with Crippen molar-refractivity contribution < 1.29 is 5.11 Å². The van der Waals surface area contributed by atoms with Gasteiger partial charge in [0.2, 0.25) is 0 Å². The lowest BCUT2D eigenvalue weighted by Crippen LogP contribution is -1.89. The van der Waals surface area contributed by atoms with Gasteiger partial charge in [0.15, 0.2) is 0 Å². The minimum absolute atomic E-state index is 0.278. The van der Waals surface area contributed by atoms with Crippen molar-refractivity contribution in [1.29, 1.82) is 0 Å². The Hall–Kier alpha value is -1.19. The lowest BCUT2D eigenvalue weighted by Gasteiger charge is -1.85. The van der Waals surface area contributed by atoms with Gasteiger partial charge in [-0.3, -0.25) is 0 Å². The number of rotatable bonds is 0. The fourth-order valence-corrected chi connectivity index (χ4v) is 0.242. The first-order valence-electron chi connectivity index (χ1n) is 1.69. The Bertz CT molecular complexity index is 132. The van der Waals surface area contributed by atoms with Crippen molar-refractivity contribution in [2.24, 2.45) is 15.4 Å². The molecule has 4 heteroatoms. The van der Waals surface area contributed by atoms with Gasteiger partial charge in [0.25, 0.3) is 0 Å². The number of hydrogen-bond acceptors (Lipinski definition) is 4. The summed E-state index contributed by atoms with van der Waals surface area (Å²) in [4.78, 5) is 0. The Kier molecular flexibility index (Phi) is 0.856. The highest BCUT2D eigenvalue weighted by molar-refractivity contribution is 5.78. The SMILES string of the molecule is [O-]C=C1C=NN=N1. The summed E-state index contributed by atoms with van der Waals surface area (Å²) in [5.74, 6) is 0. The molecule has 0 radical (unpaired) electrons. The molecule has 0 amide bonds. The van der Waals surface area contributed by atoms with Crippen LogP contribution in [0.25, 0.3) is 0 Å². The van der Waals surface area contributed by atoms with E-state index in [4.69, 9.17) is 0 Å². The standard InChI is InChI=1S/C3H3N3O/c7-2-3-1-4-6-5-3/h1-2,7H/p-1. The highest BCUT2D eigenvalue weighted by Gasteiger charge is 1.87. The van der Waals surface area contributed by atoms with Crippen molar-refractivity contribution >= 4 is 6.21 Å². The molecule has 0 unspecified atom stereocenters. The molecular formula is C3H2N3O-. The van der Waals surface area contributed by atoms with E-state index in [1.54, 1.807) is 0 Å². The summed E-state index contributed by atoms with van der Waals surface area (Å²) in [7, 11) is 0. The highest BCUT2D eigenvalue weighted by Crippen LogP contribution is 1.97. The van der Waals surface area contributed by atoms with E-state index in [9.17, 15) is 5.11 Å². The minimum atomic E-state index is 0.278. The topological polar surface area (TPSA) is 60.1 Å². The molecule has 4 nitrogen and oxygen atoms in total. The normalized spacial score (nSPS) is 22.0. The smallest absolute Gasteiger partial charge is 0.0925 e. The summed E-state index contributed by atoms with van der Waals surface area (Å²) >= 11 is 0. The van der Waals surface area contributed by atoms with Gasteiger partial charge in [0, 0.05) is 0 Å². The molecule has 1 aliphatic rings. The van der Waals surface area contributed by atoms with Crippen LogP contribution in [0.4, 0.5) is 0 Å². The zero-order valence-corrected chi connectivity index (χ0v) is 3.40. The maximum atomic E-state index is 9.73. The molecule has 0 spiro atoms. The van der Waals surface area contributed by atoms with Gasteiger partial charge in [-0.05, 0) is 5.22 Å². The monoisotopic (exact) mass is 96.0 g/mol. The summed E-state index contributed by atoms with van der Waals surface area (Å²) in [5, 5.41) is 19.5. The molecule has 1 aliphatic heterocycles. The second-order valence-electron chi connectivity index (χ2n) is 0.977. The van der Waals surface area contributed by atoms with Gasteiger partial charge in [0.1, 0.15) is 0 Å². The van der Waals surface area contributed by atoms with Crippen LogP contribution in [0.15, 0.2) is 27.4 Å². The third kappa shape index (κ3) is 0.623. The fraction of sp³-hybridized carbons (Fsp3) is 0. The average Bonchev–Trinajstić information content (AvgIpc) is 2.14. The maximum absolute atomic E-state index is 9.73. The third-order valence-electron chi connectivity index (χ3n) is 0.523. The van der Waals surface area contributed by atoms with Crippen LogP contribution in [-0.4, -0.2) is 6.21 Å². The summed E-state index contributed by atoms with van der Waals surface area (Å²) in [6.07, 6.45) is 1.90. The molecular weight excluding hydrogens is 94.1 g/mol. The van der Waals surface area contributed by atoms with E-state index < -0.39 is 0 Å². The first kappa shape index (κ1) is 3.98. The van der Waals surface area contributed by atoms with Crippen LogP contribution in [0.3, 0.4) is 0 Å². The molecule has 0 saturated carbocycles. The van der Waals surface area contributed by atoms with Crippen molar-refractivity contribution in [3.8, 4) is 0 Å². The predicted octanol–water partition coefficient (Wildman–Crippen LogP) is -0.360. The van der Waals surface area contributed by atoms with Crippen LogP contribution >= 0.6 is 0 Å². The summed E-state index contributed by atoms with van der Waals surface area (Å²) in [6.45, 7) is 0. The van der Waals surface area contributed by atoms with Gasteiger partial charge in [-0.2, -0.15) is 0 Å². The van der Waals surface area contributed by atoms with Crippen molar-refractivity contribution in [2.75, 3.05) is 0 Å². The van der Waals surface area contributed by atoms with Gasteiger partial charge in [-0.1, -0.05) is 0 Å². The average molecular weight is 96.1 g/mol. The van der Waals surface area contributed by atoms with Crippen molar-refractivity contribution in [1.82, 2.24) is 0 Å². The Morgan fingerprint density at radius 1 is 1.71 bits per heavy atom. The molecule has 0 aliphatic carbocycles. The van der Waals surface area contributed by atoms with Crippen LogP contribution in [0.1, 0.15) is 0 Å². The van der Waals surface area contributed by atoms with E-state index in [0.717, 1.165) is 0 Å². The van der Waals surface area contributed by atoms with Gasteiger partial charge >= 0.3 is 0 Å². The molecule has 0 aromatic rings. The second-order valence-corrected chi connectivity index (χ2v) is 0.977. The molecule has 0 atom stereocenters. The molecule has 0 saturated heterocycles. The van der Waals surface area contributed by atoms with Gasteiger partial charge < -0.3 is 5.11 Å². The van der Waals surface area contributed by atoms with Crippen LogP contribution in [0.5, 0.6) is 0 Å². The van der Waals surface area contributed by atoms with Crippen LogP contribution in [0.2, 0.25) is 0 Å². The zero-order chi connectivity index (χ0) is 5.11. The van der Waals surface area contributed by atoms with Crippen LogP contribution < -0.4 is 5.11 Å².